The van der Waals surface area contributed by atoms with Crippen molar-refractivity contribution in [2.45, 2.75) is 43.9 Å². The Hall–Kier alpha value is -1.86. The van der Waals surface area contributed by atoms with Crippen LogP contribution in [0.15, 0.2) is 24.3 Å². The summed E-state index contributed by atoms with van der Waals surface area (Å²) in [4.78, 5) is 12.2. The average molecular weight is 312 g/mol. The Morgan fingerprint density at radius 3 is 2.74 bits per heavy atom. The molecule has 0 unspecified atom stereocenters. The lowest BCUT2D eigenvalue weighted by atomic mass is 9.78. The summed E-state index contributed by atoms with van der Waals surface area (Å²) in [5, 5.41) is 12.2. The molecule has 0 atom stereocenters. The zero-order chi connectivity index (χ0) is 16.1. The van der Waals surface area contributed by atoms with E-state index in [1.807, 2.05) is 18.2 Å². The van der Waals surface area contributed by atoms with Crippen molar-refractivity contribution >= 4 is 5.91 Å². The Bertz CT molecular complexity index is 596. The fraction of sp³-hybridized carbons (Fsp3) is 0.579. The fourth-order valence-corrected chi connectivity index (χ4v) is 3.63. The second-order valence-electron chi connectivity index (χ2n) is 6.95. The normalized spacial score (nSPS) is 20.3. The Morgan fingerprint density at radius 1 is 1.30 bits per heavy atom. The minimum Gasteiger partial charge on any atom is -0.379 e. The van der Waals surface area contributed by atoms with Gasteiger partial charge in [0.15, 0.2) is 0 Å². The lowest BCUT2D eigenvalue weighted by Gasteiger charge is -2.42. The first-order chi connectivity index (χ1) is 11.2. The molecule has 4 heteroatoms. The van der Waals surface area contributed by atoms with Crippen molar-refractivity contribution in [3.05, 3.63) is 35.4 Å². The summed E-state index contributed by atoms with van der Waals surface area (Å²) >= 11 is 0. The predicted molar refractivity (Wildman–Crippen MR) is 87.9 cm³/mol. The molecule has 1 N–H and O–H groups in total. The highest BCUT2D eigenvalue weighted by Gasteiger charge is 2.40. The molecule has 0 radical (unpaired) electrons. The summed E-state index contributed by atoms with van der Waals surface area (Å²) in [6.45, 7) is 1.80. The van der Waals surface area contributed by atoms with Crippen molar-refractivity contribution in [1.29, 1.82) is 5.26 Å². The standard InChI is InChI=1S/C19H24N2O2/c20-11-16-7-4-8-17(9-16)19(13-23-14-19)12-21-18(22)10-15-5-2-1-3-6-15/h4,7-9,15H,1-3,5-6,10,12-14H2,(H,21,22). The van der Waals surface area contributed by atoms with Crippen molar-refractivity contribution in [1.82, 2.24) is 5.32 Å². The molecule has 1 saturated heterocycles. The number of benzene rings is 1. The number of nitrogens with zero attached hydrogens (tertiary/aromatic N) is 1. The Morgan fingerprint density at radius 2 is 2.09 bits per heavy atom. The van der Waals surface area contributed by atoms with Crippen LogP contribution in [0.5, 0.6) is 0 Å². The second kappa shape index (κ2) is 7.14. The molecule has 122 valence electrons. The number of hydrogen-bond donors (Lipinski definition) is 1. The second-order valence-corrected chi connectivity index (χ2v) is 6.95. The largest absolute Gasteiger partial charge is 0.379 e. The van der Waals surface area contributed by atoms with Crippen LogP contribution in [0, 0.1) is 17.2 Å². The van der Waals surface area contributed by atoms with Crippen molar-refractivity contribution < 1.29 is 9.53 Å². The van der Waals surface area contributed by atoms with Gasteiger partial charge >= 0.3 is 0 Å². The molecule has 1 amide bonds. The SMILES string of the molecule is N#Cc1cccc(C2(CNC(=O)CC3CCCCC3)COC2)c1. The van der Waals surface area contributed by atoms with Crippen molar-refractivity contribution in [2.75, 3.05) is 19.8 Å². The Labute approximate surface area is 137 Å². The van der Waals surface area contributed by atoms with Crippen LogP contribution in [0.3, 0.4) is 0 Å². The third-order valence-corrected chi connectivity index (χ3v) is 5.18. The molecule has 23 heavy (non-hydrogen) atoms. The number of carbonyl (C=O) groups excluding carboxylic acids is 1. The number of ether oxygens (including phenoxy) is 1. The minimum atomic E-state index is -0.172. The van der Waals surface area contributed by atoms with E-state index in [4.69, 9.17) is 10.00 Å². The van der Waals surface area contributed by atoms with Gasteiger partial charge in [0, 0.05) is 13.0 Å². The Kier molecular flexibility index (Phi) is 4.97. The van der Waals surface area contributed by atoms with Crippen LogP contribution in [0.4, 0.5) is 0 Å². The van der Waals surface area contributed by atoms with E-state index in [-0.39, 0.29) is 11.3 Å². The van der Waals surface area contributed by atoms with Crippen LogP contribution < -0.4 is 5.32 Å². The lowest BCUT2D eigenvalue weighted by Crippen LogP contribution is -2.54. The molecule has 1 aliphatic heterocycles. The molecule has 2 aliphatic rings. The number of hydrogen-bond acceptors (Lipinski definition) is 3. The molecular formula is C19H24N2O2. The molecule has 1 heterocycles. The lowest BCUT2D eigenvalue weighted by molar-refractivity contribution is -0.124. The molecule has 0 bridgehead atoms. The van der Waals surface area contributed by atoms with E-state index >= 15 is 0 Å². The zero-order valence-corrected chi connectivity index (χ0v) is 13.5. The van der Waals surface area contributed by atoms with Gasteiger partial charge in [-0.05, 0) is 36.5 Å². The Balaban J connectivity index is 1.58. The van der Waals surface area contributed by atoms with Gasteiger partial charge in [0.1, 0.15) is 0 Å². The molecule has 1 aromatic rings. The van der Waals surface area contributed by atoms with Gasteiger partial charge in [-0.1, -0.05) is 31.4 Å². The van der Waals surface area contributed by atoms with Gasteiger partial charge in [0.05, 0.1) is 30.3 Å². The molecule has 0 spiro atoms. The van der Waals surface area contributed by atoms with E-state index in [0.29, 0.717) is 37.7 Å². The van der Waals surface area contributed by atoms with Crippen LogP contribution in [-0.4, -0.2) is 25.7 Å². The highest BCUT2D eigenvalue weighted by molar-refractivity contribution is 5.76. The van der Waals surface area contributed by atoms with Crippen molar-refractivity contribution in [3.8, 4) is 6.07 Å². The maximum Gasteiger partial charge on any atom is 0.220 e. The zero-order valence-electron chi connectivity index (χ0n) is 13.5. The van der Waals surface area contributed by atoms with E-state index in [9.17, 15) is 4.79 Å². The maximum absolute atomic E-state index is 12.2. The predicted octanol–water partition coefficient (Wildman–Crippen LogP) is 2.91. The van der Waals surface area contributed by atoms with Gasteiger partial charge in [-0.25, -0.2) is 0 Å². The van der Waals surface area contributed by atoms with Crippen LogP contribution >= 0.6 is 0 Å². The maximum atomic E-state index is 12.2. The quantitative estimate of drug-likeness (QED) is 0.909. The minimum absolute atomic E-state index is 0.152. The molecule has 1 aliphatic carbocycles. The van der Waals surface area contributed by atoms with Gasteiger partial charge < -0.3 is 10.1 Å². The molecule has 1 saturated carbocycles. The van der Waals surface area contributed by atoms with E-state index in [1.54, 1.807) is 6.07 Å². The molecule has 3 rings (SSSR count). The van der Waals surface area contributed by atoms with Gasteiger partial charge in [-0.2, -0.15) is 5.26 Å². The third kappa shape index (κ3) is 3.73. The molecule has 1 aromatic carbocycles. The van der Waals surface area contributed by atoms with E-state index in [2.05, 4.69) is 11.4 Å². The van der Waals surface area contributed by atoms with E-state index in [0.717, 1.165) is 5.56 Å². The van der Waals surface area contributed by atoms with Crippen LogP contribution in [0.1, 0.15) is 49.7 Å². The molecular weight excluding hydrogens is 288 g/mol. The highest BCUT2D eigenvalue weighted by Crippen LogP contribution is 2.32. The summed E-state index contributed by atoms with van der Waals surface area (Å²) in [5.41, 5.74) is 1.57. The monoisotopic (exact) mass is 312 g/mol. The smallest absolute Gasteiger partial charge is 0.220 e. The first-order valence-electron chi connectivity index (χ1n) is 8.57. The molecule has 0 aromatic heterocycles. The fourth-order valence-electron chi connectivity index (χ4n) is 3.63. The first kappa shape index (κ1) is 16.0. The van der Waals surface area contributed by atoms with E-state index in [1.165, 1.54) is 32.1 Å². The molecule has 4 nitrogen and oxygen atoms in total. The van der Waals surface area contributed by atoms with E-state index < -0.39 is 0 Å². The van der Waals surface area contributed by atoms with Gasteiger partial charge in [0.25, 0.3) is 0 Å². The van der Waals surface area contributed by atoms with Gasteiger partial charge in [0.2, 0.25) is 5.91 Å². The summed E-state index contributed by atoms with van der Waals surface area (Å²) in [6.07, 6.45) is 6.86. The number of rotatable bonds is 5. The van der Waals surface area contributed by atoms with Crippen LogP contribution in [-0.2, 0) is 14.9 Å². The van der Waals surface area contributed by atoms with Crippen molar-refractivity contribution in [2.24, 2.45) is 5.92 Å². The van der Waals surface area contributed by atoms with Crippen molar-refractivity contribution in [3.63, 3.8) is 0 Å². The van der Waals surface area contributed by atoms with Gasteiger partial charge in [-0.3, -0.25) is 4.79 Å². The first-order valence-corrected chi connectivity index (χ1v) is 8.57. The summed E-state index contributed by atoms with van der Waals surface area (Å²) < 4.78 is 5.41. The van der Waals surface area contributed by atoms with Crippen LogP contribution in [0.25, 0.3) is 0 Å². The summed E-state index contributed by atoms with van der Waals surface area (Å²) in [5.74, 6) is 0.707. The topological polar surface area (TPSA) is 62.1 Å². The molecule has 2 fully saturated rings. The number of nitriles is 1. The van der Waals surface area contributed by atoms with Gasteiger partial charge in [-0.15, -0.1) is 0 Å². The number of nitrogens with one attached hydrogen (secondary N) is 1. The highest BCUT2D eigenvalue weighted by atomic mass is 16.5. The average Bonchev–Trinajstić information content (AvgIpc) is 2.55. The summed E-state index contributed by atoms with van der Waals surface area (Å²) in [7, 11) is 0. The number of amides is 1. The summed E-state index contributed by atoms with van der Waals surface area (Å²) in [6, 6.07) is 9.82. The van der Waals surface area contributed by atoms with Crippen LogP contribution in [0.2, 0.25) is 0 Å². The number of carbonyl (C=O) groups is 1. The third-order valence-electron chi connectivity index (χ3n) is 5.18.